The molecule has 1 aromatic heterocycles. The van der Waals surface area contributed by atoms with Gasteiger partial charge in [0.2, 0.25) is 0 Å². The normalized spacial score (nSPS) is 15.3. The van der Waals surface area contributed by atoms with Gasteiger partial charge in [0.1, 0.15) is 17.3 Å². The Hall–Kier alpha value is -3.66. The predicted molar refractivity (Wildman–Crippen MR) is 144 cm³/mol. The Labute approximate surface area is 229 Å². The molecule has 2 heterocycles. The van der Waals surface area contributed by atoms with E-state index in [1.807, 2.05) is 25.3 Å². The van der Waals surface area contributed by atoms with Crippen molar-refractivity contribution in [3.8, 4) is 11.3 Å². The van der Waals surface area contributed by atoms with Gasteiger partial charge < -0.3 is 14.8 Å². The summed E-state index contributed by atoms with van der Waals surface area (Å²) < 4.78 is 40.3. The van der Waals surface area contributed by atoms with Crippen LogP contribution in [0.4, 0.5) is 20.2 Å². The fourth-order valence-corrected chi connectivity index (χ4v) is 4.62. The quantitative estimate of drug-likeness (QED) is 0.233. The van der Waals surface area contributed by atoms with E-state index in [0.29, 0.717) is 35.7 Å². The lowest BCUT2D eigenvalue weighted by Gasteiger charge is -2.22. The maximum atomic E-state index is 14.0. The Morgan fingerprint density at radius 3 is 2.77 bits per heavy atom. The first-order valence-electron chi connectivity index (χ1n) is 12.7. The standard InChI is InChI=1S/C29H27ClF2N4O3/c1-18-5-6-19(27-17-36(35-34-27)11-13-39-28-4-2-3-12-38-28)14-23(18)29(37)22-9-8-21(16-24(22)30)33-26-10-7-20(31)15-25(26)32/h5-10,14-17,28,33H,2-4,11-13H2,1H3. The highest BCUT2D eigenvalue weighted by molar-refractivity contribution is 6.35. The lowest BCUT2D eigenvalue weighted by atomic mass is 9.96. The lowest BCUT2D eigenvalue weighted by molar-refractivity contribution is -0.163. The predicted octanol–water partition coefficient (Wildman–Crippen LogP) is 6.70. The second kappa shape index (κ2) is 12.0. The van der Waals surface area contributed by atoms with Crippen LogP contribution >= 0.6 is 11.6 Å². The van der Waals surface area contributed by atoms with Gasteiger partial charge in [-0.25, -0.2) is 13.5 Å². The number of rotatable bonds is 9. The minimum Gasteiger partial charge on any atom is -0.353 e. The largest absolute Gasteiger partial charge is 0.353 e. The third-order valence-corrected chi connectivity index (χ3v) is 6.82. The summed E-state index contributed by atoms with van der Waals surface area (Å²) in [6, 6.07) is 13.5. The van der Waals surface area contributed by atoms with Gasteiger partial charge in [-0.15, -0.1) is 5.10 Å². The number of nitrogens with one attached hydrogen (secondary N) is 1. The molecular formula is C29H27ClF2N4O3. The molecule has 0 bridgehead atoms. The summed E-state index contributed by atoms with van der Waals surface area (Å²) in [6.45, 7) is 3.57. The number of hydrogen-bond acceptors (Lipinski definition) is 6. The Balaban J connectivity index is 1.28. The lowest BCUT2D eigenvalue weighted by Crippen LogP contribution is -2.24. The number of carbonyl (C=O) groups excluding carboxylic acids is 1. The van der Waals surface area contributed by atoms with Gasteiger partial charge in [-0.3, -0.25) is 4.79 Å². The average molecular weight is 553 g/mol. The number of nitrogens with zero attached hydrogens (tertiary/aromatic N) is 3. The zero-order valence-corrected chi connectivity index (χ0v) is 22.0. The third kappa shape index (κ3) is 6.50. The van der Waals surface area contributed by atoms with Crippen molar-refractivity contribution in [2.24, 2.45) is 0 Å². The van der Waals surface area contributed by atoms with Crippen LogP contribution in [0.2, 0.25) is 5.02 Å². The zero-order chi connectivity index (χ0) is 27.4. The summed E-state index contributed by atoms with van der Waals surface area (Å²) in [5.74, 6) is -1.66. The molecule has 0 saturated carbocycles. The van der Waals surface area contributed by atoms with Crippen LogP contribution < -0.4 is 5.32 Å². The van der Waals surface area contributed by atoms with Crippen molar-refractivity contribution in [3.05, 3.63) is 94.1 Å². The number of carbonyl (C=O) groups is 1. The molecule has 7 nitrogen and oxygen atoms in total. The molecule has 39 heavy (non-hydrogen) atoms. The topological polar surface area (TPSA) is 78.3 Å². The molecule has 1 aliphatic heterocycles. The molecule has 0 amide bonds. The van der Waals surface area contributed by atoms with Gasteiger partial charge in [0.15, 0.2) is 12.1 Å². The van der Waals surface area contributed by atoms with Gasteiger partial charge in [-0.2, -0.15) is 0 Å². The highest BCUT2D eigenvalue weighted by Crippen LogP contribution is 2.29. The van der Waals surface area contributed by atoms with E-state index in [1.54, 1.807) is 22.9 Å². The van der Waals surface area contributed by atoms with Crippen LogP contribution in [0.25, 0.3) is 11.3 Å². The highest BCUT2D eigenvalue weighted by Gasteiger charge is 2.18. The molecule has 1 saturated heterocycles. The van der Waals surface area contributed by atoms with E-state index in [2.05, 4.69) is 15.6 Å². The molecule has 0 spiro atoms. The smallest absolute Gasteiger partial charge is 0.194 e. The second-order valence-corrected chi connectivity index (χ2v) is 9.74. The number of anilines is 2. The number of benzene rings is 3. The van der Waals surface area contributed by atoms with Crippen molar-refractivity contribution in [1.82, 2.24) is 15.0 Å². The molecule has 1 atom stereocenters. The summed E-state index contributed by atoms with van der Waals surface area (Å²) in [6.07, 6.45) is 4.73. The van der Waals surface area contributed by atoms with Gasteiger partial charge in [-0.1, -0.05) is 28.9 Å². The minimum atomic E-state index is -0.735. The van der Waals surface area contributed by atoms with Crippen LogP contribution in [-0.4, -0.2) is 40.3 Å². The van der Waals surface area contributed by atoms with Gasteiger partial charge in [0, 0.05) is 35.1 Å². The number of halogens is 3. The Morgan fingerprint density at radius 1 is 1.13 bits per heavy atom. The van der Waals surface area contributed by atoms with Crippen LogP contribution in [-0.2, 0) is 16.0 Å². The molecule has 1 unspecified atom stereocenters. The van der Waals surface area contributed by atoms with E-state index >= 15 is 0 Å². The Morgan fingerprint density at radius 2 is 2.00 bits per heavy atom. The van der Waals surface area contributed by atoms with E-state index in [1.165, 1.54) is 12.1 Å². The van der Waals surface area contributed by atoms with Crippen LogP contribution in [0, 0.1) is 18.6 Å². The molecule has 3 aromatic carbocycles. The number of hydrogen-bond donors (Lipinski definition) is 1. The Kier molecular flexibility index (Phi) is 8.30. The molecule has 0 radical (unpaired) electrons. The first-order chi connectivity index (χ1) is 18.9. The molecule has 4 aromatic rings. The van der Waals surface area contributed by atoms with E-state index in [0.717, 1.165) is 49.1 Å². The summed E-state index contributed by atoms with van der Waals surface area (Å²) in [7, 11) is 0. The number of aryl methyl sites for hydroxylation is 1. The average Bonchev–Trinajstić information content (AvgIpc) is 3.40. The molecule has 1 fully saturated rings. The summed E-state index contributed by atoms with van der Waals surface area (Å²) in [4.78, 5) is 13.5. The number of ether oxygens (including phenoxy) is 2. The maximum absolute atomic E-state index is 14.0. The van der Waals surface area contributed by atoms with E-state index in [4.69, 9.17) is 21.1 Å². The van der Waals surface area contributed by atoms with Crippen LogP contribution in [0.15, 0.2) is 60.8 Å². The SMILES string of the molecule is Cc1ccc(-c2cn(CCOC3CCCCO3)nn2)cc1C(=O)c1ccc(Nc2ccc(F)cc2F)cc1Cl. The van der Waals surface area contributed by atoms with Crippen molar-refractivity contribution in [1.29, 1.82) is 0 Å². The summed E-state index contributed by atoms with van der Waals surface area (Å²) in [5.41, 5.74) is 3.49. The van der Waals surface area contributed by atoms with E-state index < -0.39 is 11.6 Å². The van der Waals surface area contributed by atoms with Gasteiger partial charge >= 0.3 is 0 Å². The molecule has 202 valence electrons. The molecule has 0 aliphatic carbocycles. The van der Waals surface area contributed by atoms with E-state index in [9.17, 15) is 13.6 Å². The number of ketones is 1. The van der Waals surface area contributed by atoms with Crippen LogP contribution in [0.1, 0.15) is 40.7 Å². The highest BCUT2D eigenvalue weighted by atomic mass is 35.5. The number of aromatic nitrogens is 3. The van der Waals surface area contributed by atoms with Gasteiger partial charge in [-0.05, 0) is 68.1 Å². The van der Waals surface area contributed by atoms with Crippen molar-refractivity contribution in [2.75, 3.05) is 18.5 Å². The zero-order valence-electron chi connectivity index (χ0n) is 21.3. The molecule has 5 rings (SSSR count). The summed E-state index contributed by atoms with van der Waals surface area (Å²) in [5, 5.41) is 11.5. The minimum absolute atomic E-state index is 0.0945. The first-order valence-corrected chi connectivity index (χ1v) is 13.1. The molecule has 1 aliphatic rings. The first kappa shape index (κ1) is 26.9. The van der Waals surface area contributed by atoms with Gasteiger partial charge in [0.05, 0.1) is 30.1 Å². The molecule has 1 N–H and O–H groups in total. The monoisotopic (exact) mass is 552 g/mol. The molecule has 10 heteroatoms. The maximum Gasteiger partial charge on any atom is 0.194 e. The van der Waals surface area contributed by atoms with Crippen molar-refractivity contribution in [3.63, 3.8) is 0 Å². The second-order valence-electron chi connectivity index (χ2n) is 9.34. The Bertz CT molecular complexity index is 1490. The van der Waals surface area contributed by atoms with Crippen LogP contribution in [0.3, 0.4) is 0 Å². The van der Waals surface area contributed by atoms with E-state index in [-0.39, 0.29) is 22.8 Å². The molecular weight excluding hydrogens is 526 g/mol. The van der Waals surface area contributed by atoms with Crippen molar-refractivity contribution >= 4 is 28.8 Å². The van der Waals surface area contributed by atoms with Crippen LogP contribution in [0.5, 0.6) is 0 Å². The fraction of sp³-hybridized carbons (Fsp3) is 0.276. The van der Waals surface area contributed by atoms with Crippen molar-refractivity contribution in [2.45, 2.75) is 39.0 Å². The summed E-state index contributed by atoms with van der Waals surface area (Å²) >= 11 is 6.46. The van der Waals surface area contributed by atoms with Crippen molar-refractivity contribution < 1.29 is 23.0 Å². The van der Waals surface area contributed by atoms with Gasteiger partial charge in [0.25, 0.3) is 0 Å². The third-order valence-electron chi connectivity index (χ3n) is 6.50. The fourth-order valence-electron chi connectivity index (χ4n) is 4.35.